The van der Waals surface area contributed by atoms with Crippen molar-refractivity contribution in [3.8, 4) is 41.5 Å². The largest absolute Gasteiger partial charge is 0.457 e. The fraction of sp³-hybridized carbons (Fsp3) is 0. The molecule has 0 saturated heterocycles. The summed E-state index contributed by atoms with van der Waals surface area (Å²) < 4.78 is 20.7. The van der Waals surface area contributed by atoms with Crippen molar-refractivity contribution in [2.24, 2.45) is 0 Å². The van der Waals surface area contributed by atoms with E-state index in [1.807, 2.05) is 12.1 Å². The molecule has 0 aliphatic carbocycles. The molecule has 7 heteroatoms. The van der Waals surface area contributed by atoms with Crippen LogP contribution in [0, 0.1) is 40.8 Å². The Morgan fingerprint density at radius 1 is 1.09 bits per heavy atom. The Hall–Kier alpha value is -4.64. The summed E-state index contributed by atoms with van der Waals surface area (Å²) in [7, 11) is 0. The summed E-state index contributed by atoms with van der Waals surface area (Å²) in [5.41, 5.74) is 1.09. The molecule has 152 valence electrons. The zero-order valence-corrected chi connectivity index (χ0v) is 17.2. The summed E-state index contributed by atoms with van der Waals surface area (Å²) in [6, 6.07) is 19.6. The van der Waals surface area contributed by atoms with E-state index in [2.05, 4.69) is 5.92 Å². The average molecular weight is 437 g/mol. The van der Waals surface area contributed by atoms with Crippen molar-refractivity contribution < 1.29 is 8.81 Å². The van der Waals surface area contributed by atoms with Gasteiger partial charge in [0.05, 0.1) is 10.2 Å². The van der Waals surface area contributed by atoms with Crippen LogP contribution in [0.15, 0.2) is 69.9 Å². The highest BCUT2D eigenvalue weighted by atomic mass is 32.1. The monoisotopic (exact) mass is 437 g/mol. The van der Waals surface area contributed by atoms with Crippen LogP contribution in [0.4, 0.5) is 4.39 Å². The van der Waals surface area contributed by atoms with E-state index in [-0.39, 0.29) is 20.6 Å². The second-order valence-corrected chi connectivity index (χ2v) is 7.59. The molecule has 0 aliphatic heterocycles. The normalized spacial score (nSPS) is 10.9. The molecule has 0 saturated carbocycles. The first-order valence-electron chi connectivity index (χ1n) is 9.25. The Bertz CT molecular complexity index is 1620. The van der Waals surface area contributed by atoms with Crippen LogP contribution >= 0.6 is 11.3 Å². The van der Waals surface area contributed by atoms with Crippen molar-refractivity contribution in [2.45, 2.75) is 0 Å². The average Bonchev–Trinajstić information content (AvgIpc) is 3.40. The van der Waals surface area contributed by atoms with Crippen molar-refractivity contribution >= 4 is 23.0 Å². The Labute approximate surface area is 185 Å². The Morgan fingerprint density at radius 2 is 1.84 bits per heavy atom. The van der Waals surface area contributed by atoms with Gasteiger partial charge in [0.25, 0.3) is 5.56 Å². The molecule has 32 heavy (non-hydrogen) atoms. The first-order chi connectivity index (χ1) is 15.5. The number of benzene rings is 2. The standard InChI is InChI=1S/C25H12FN3O2S/c1-2-16-4-3-5-20(12-16)29-24(30)23(32-25(29)18(14-27)15-28)13-21-10-11-22(31-21)17-6-8-19(26)9-7-17/h1,3-13H/b23-13-. The minimum absolute atomic E-state index is 0.190. The molecule has 4 rings (SSSR count). The molecule has 0 aliphatic rings. The Kier molecular flexibility index (Phi) is 5.55. The Balaban J connectivity index is 1.91. The van der Waals surface area contributed by atoms with Gasteiger partial charge in [0.1, 0.15) is 34.1 Å². The first kappa shape index (κ1) is 20.6. The molecule has 0 N–H and O–H groups in total. The molecule has 4 aromatic rings. The number of nitriles is 2. The summed E-state index contributed by atoms with van der Waals surface area (Å²) in [4.78, 5) is 13.2. The van der Waals surface area contributed by atoms with Crippen LogP contribution in [0.1, 0.15) is 11.3 Å². The van der Waals surface area contributed by atoms with E-state index in [0.717, 1.165) is 11.3 Å². The number of nitrogens with zero attached hydrogens (tertiary/aromatic N) is 3. The molecule has 0 amide bonds. The van der Waals surface area contributed by atoms with Crippen molar-refractivity contribution in [1.29, 1.82) is 10.5 Å². The number of aromatic nitrogens is 1. The quantitative estimate of drug-likeness (QED) is 0.461. The second-order valence-electron chi connectivity index (χ2n) is 6.56. The van der Waals surface area contributed by atoms with Gasteiger partial charge in [-0.1, -0.05) is 12.0 Å². The molecule has 2 heterocycles. The molecule has 5 nitrogen and oxygen atoms in total. The SMILES string of the molecule is C#Cc1cccc(-n2c(=C(C#N)C#N)s/c(=C\c3ccc(-c4ccc(F)cc4)o3)c2=O)c1. The predicted molar refractivity (Wildman–Crippen MR) is 119 cm³/mol. The molecule has 2 aromatic carbocycles. The number of hydrogen-bond donors (Lipinski definition) is 0. The van der Waals surface area contributed by atoms with Crippen molar-refractivity contribution in [3.05, 3.63) is 97.4 Å². The third kappa shape index (κ3) is 3.87. The topological polar surface area (TPSA) is 82.7 Å². The molecule has 0 unspecified atom stereocenters. The number of rotatable bonds is 3. The van der Waals surface area contributed by atoms with Crippen LogP contribution in [-0.2, 0) is 0 Å². The maximum Gasteiger partial charge on any atom is 0.273 e. The number of halogens is 1. The zero-order valence-electron chi connectivity index (χ0n) is 16.4. The third-order valence-electron chi connectivity index (χ3n) is 4.56. The molecule has 0 spiro atoms. The first-order valence-corrected chi connectivity index (χ1v) is 10.1. The molecular weight excluding hydrogens is 425 g/mol. The lowest BCUT2D eigenvalue weighted by molar-refractivity contribution is 0.571. The fourth-order valence-corrected chi connectivity index (χ4v) is 4.10. The van der Waals surface area contributed by atoms with Crippen LogP contribution in [0.3, 0.4) is 0 Å². The molecule has 0 bridgehead atoms. The van der Waals surface area contributed by atoms with Crippen molar-refractivity contribution in [1.82, 2.24) is 4.57 Å². The molecular formula is C25H12FN3O2S. The highest BCUT2D eigenvalue weighted by Crippen LogP contribution is 2.22. The lowest BCUT2D eigenvalue weighted by atomic mass is 10.2. The summed E-state index contributed by atoms with van der Waals surface area (Å²) >= 11 is 1.01. The Morgan fingerprint density at radius 3 is 2.53 bits per heavy atom. The molecule has 2 aromatic heterocycles. The molecule has 0 fully saturated rings. The van der Waals surface area contributed by atoms with Crippen LogP contribution < -0.4 is 14.8 Å². The van der Waals surface area contributed by atoms with E-state index in [0.29, 0.717) is 28.3 Å². The highest BCUT2D eigenvalue weighted by Gasteiger charge is 2.12. The van der Waals surface area contributed by atoms with Gasteiger partial charge in [-0.3, -0.25) is 9.36 Å². The molecule has 0 atom stereocenters. The van der Waals surface area contributed by atoms with Gasteiger partial charge in [-0.2, -0.15) is 10.5 Å². The van der Waals surface area contributed by atoms with Crippen LogP contribution in [0.5, 0.6) is 0 Å². The smallest absolute Gasteiger partial charge is 0.273 e. The predicted octanol–water partition coefficient (Wildman–Crippen LogP) is 3.31. The fourth-order valence-electron chi connectivity index (χ4n) is 3.07. The van der Waals surface area contributed by atoms with Gasteiger partial charge in [-0.05, 0) is 54.6 Å². The maximum atomic E-state index is 13.2. The highest BCUT2D eigenvalue weighted by molar-refractivity contribution is 7.07. The van der Waals surface area contributed by atoms with E-state index >= 15 is 0 Å². The van der Waals surface area contributed by atoms with Gasteiger partial charge >= 0.3 is 0 Å². The number of furan rings is 1. The van der Waals surface area contributed by atoms with Gasteiger partial charge in [0, 0.05) is 17.2 Å². The summed E-state index contributed by atoms with van der Waals surface area (Å²) in [5.74, 6) is 3.06. The maximum absolute atomic E-state index is 13.2. The number of terminal acetylenes is 1. The van der Waals surface area contributed by atoms with Gasteiger partial charge < -0.3 is 4.42 Å². The summed E-state index contributed by atoms with van der Waals surface area (Å²) in [5, 5.41) is 18.8. The van der Waals surface area contributed by atoms with Crippen molar-refractivity contribution in [2.75, 3.05) is 0 Å². The van der Waals surface area contributed by atoms with Crippen molar-refractivity contribution in [3.63, 3.8) is 0 Å². The lowest BCUT2D eigenvalue weighted by Gasteiger charge is -2.02. The van der Waals surface area contributed by atoms with Gasteiger partial charge in [0.2, 0.25) is 0 Å². The van der Waals surface area contributed by atoms with E-state index in [1.54, 1.807) is 48.5 Å². The third-order valence-corrected chi connectivity index (χ3v) is 5.65. The van der Waals surface area contributed by atoms with Crippen LogP contribution in [-0.4, -0.2) is 4.57 Å². The van der Waals surface area contributed by atoms with Crippen LogP contribution in [0.2, 0.25) is 0 Å². The van der Waals surface area contributed by atoms with E-state index < -0.39 is 5.56 Å². The minimum atomic E-state index is -0.415. The summed E-state index contributed by atoms with van der Waals surface area (Å²) in [6.07, 6.45) is 7.01. The van der Waals surface area contributed by atoms with E-state index in [1.165, 1.54) is 22.8 Å². The lowest BCUT2D eigenvalue weighted by Crippen LogP contribution is -2.30. The van der Waals surface area contributed by atoms with E-state index in [9.17, 15) is 19.7 Å². The zero-order chi connectivity index (χ0) is 22.7. The van der Waals surface area contributed by atoms with Gasteiger partial charge in [-0.15, -0.1) is 17.8 Å². The van der Waals surface area contributed by atoms with E-state index in [4.69, 9.17) is 10.8 Å². The minimum Gasteiger partial charge on any atom is -0.457 e. The number of hydrogen-bond acceptors (Lipinski definition) is 5. The van der Waals surface area contributed by atoms with Gasteiger partial charge in [-0.25, -0.2) is 4.39 Å². The number of thiazole rings is 1. The molecule has 0 radical (unpaired) electrons. The van der Waals surface area contributed by atoms with Crippen LogP contribution in [0.25, 0.3) is 28.7 Å². The summed E-state index contributed by atoms with van der Waals surface area (Å²) in [6.45, 7) is 0. The van der Waals surface area contributed by atoms with Gasteiger partial charge in [0.15, 0.2) is 5.57 Å². The second kappa shape index (κ2) is 8.62.